The Kier molecular flexibility index (Phi) is 5.71. The van der Waals surface area contributed by atoms with E-state index < -0.39 is 5.97 Å². The molecule has 0 aliphatic carbocycles. The number of esters is 1. The maximum absolute atomic E-state index is 12.8. The Labute approximate surface area is 169 Å². The van der Waals surface area contributed by atoms with Crippen molar-refractivity contribution in [1.29, 1.82) is 0 Å². The molecule has 2 aromatic heterocycles. The minimum absolute atomic E-state index is 0.0764. The molecule has 150 valence electrons. The summed E-state index contributed by atoms with van der Waals surface area (Å²) in [5.74, 6) is -0.575. The van der Waals surface area contributed by atoms with Crippen LogP contribution in [-0.4, -0.2) is 40.1 Å². The molecule has 4 rings (SSSR count). The van der Waals surface area contributed by atoms with Crippen LogP contribution in [0.15, 0.2) is 59.7 Å². The van der Waals surface area contributed by atoms with E-state index in [2.05, 4.69) is 34.1 Å². The first-order valence-corrected chi connectivity index (χ1v) is 10.1. The Bertz CT molecular complexity index is 1060. The van der Waals surface area contributed by atoms with Gasteiger partial charge in [-0.15, -0.1) is 0 Å². The van der Waals surface area contributed by atoms with Crippen molar-refractivity contribution in [3.63, 3.8) is 0 Å². The molecule has 3 heterocycles. The predicted molar refractivity (Wildman–Crippen MR) is 112 cm³/mol. The number of benzene rings is 1. The summed E-state index contributed by atoms with van der Waals surface area (Å²) in [7, 11) is 0. The number of pyridine rings is 2. The smallest absolute Gasteiger partial charge is 0.343 e. The third kappa shape index (κ3) is 4.07. The Morgan fingerprint density at radius 1 is 1.21 bits per heavy atom. The molecule has 0 bridgehead atoms. The first-order valence-electron chi connectivity index (χ1n) is 10.1. The summed E-state index contributed by atoms with van der Waals surface area (Å²) < 4.78 is 7.12. The molecule has 0 radical (unpaired) electrons. The maximum atomic E-state index is 12.8. The van der Waals surface area contributed by atoms with Crippen LogP contribution in [-0.2, 0) is 11.3 Å². The van der Waals surface area contributed by atoms with Gasteiger partial charge in [0.15, 0.2) is 0 Å². The van der Waals surface area contributed by atoms with Crippen molar-refractivity contribution >= 4 is 17.0 Å². The number of hydrogen-bond donors (Lipinski definition) is 0. The molecule has 1 aromatic carbocycles. The van der Waals surface area contributed by atoms with Crippen molar-refractivity contribution in [2.45, 2.75) is 32.4 Å². The van der Waals surface area contributed by atoms with Gasteiger partial charge in [0.2, 0.25) is 5.43 Å². The number of likely N-dealkylation sites (tertiary alicyclic amines) is 1. The highest BCUT2D eigenvalue weighted by molar-refractivity contribution is 5.93. The zero-order valence-corrected chi connectivity index (χ0v) is 16.6. The number of nitrogens with zero attached hydrogens (tertiary/aromatic N) is 3. The summed E-state index contributed by atoms with van der Waals surface area (Å²) in [5, 5.41) is 0.457. The van der Waals surface area contributed by atoms with Crippen LogP contribution in [0, 0.1) is 0 Å². The second kappa shape index (κ2) is 8.57. The number of carbonyl (C=O) groups excluding carboxylic acids is 1. The summed E-state index contributed by atoms with van der Waals surface area (Å²) >= 11 is 0. The lowest BCUT2D eigenvalue weighted by Crippen LogP contribution is -2.37. The van der Waals surface area contributed by atoms with Gasteiger partial charge in [0.05, 0.1) is 12.0 Å². The van der Waals surface area contributed by atoms with E-state index in [1.165, 1.54) is 5.56 Å². The summed E-state index contributed by atoms with van der Waals surface area (Å²) in [6.07, 6.45) is 5.36. The van der Waals surface area contributed by atoms with Crippen LogP contribution >= 0.6 is 0 Å². The lowest BCUT2D eigenvalue weighted by Gasteiger charge is -2.34. The molecule has 1 atom stereocenters. The van der Waals surface area contributed by atoms with E-state index in [0.29, 0.717) is 11.0 Å². The SMILES string of the molecule is CCOC(=O)c1cn(C2CCCN(Cc3ccccc3)C2)c2ncccc2c1=O. The first-order chi connectivity index (χ1) is 14.2. The summed E-state index contributed by atoms with van der Waals surface area (Å²) in [5.41, 5.74) is 1.66. The van der Waals surface area contributed by atoms with Gasteiger partial charge in [0.1, 0.15) is 11.2 Å². The van der Waals surface area contributed by atoms with E-state index in [-0.39, 0.29) is 23.6 Å². The molecule has 1 aliphatic heterocycles. The Morgan fingerprint density at radius 2 is 2.03 bits per heavy atom. The van der Waals surface area contributed by atoms with Crippen LogP contribution in [0.2, 0.25) is 0 Å². The fourth-order valence-electron chi connectivity index (χ4n) is 4.06. The summed E-state index contributed by atoms with van der Waals surface area (Å²) in [4.78, 5) is 32.1. The van der Waals surface area contributed by atoms with Crippen molar-refractivity contribution in [2.75, 3.05) is 19.7 Å². The minimum Gasteiger partial charge on any atom is -0.462 e. The van der Waals surface area contributed by atoms with Crippen molar-refractivity contribution in [3.05, 3.63) is 76.2 Å². The highest BCUT2D eigenvalue weighted by Gasteiger charge is 2.25. The van der Waals surface area contributed by atoms with Gasteiger partial charge in [-0.25, -0.2) is 9.78 Å². The van der Waals surface area contributed by atoms with E-state index >= 15 is 0 Å². The summed E-state index contributed by atoms with van der Waals surface area (Å²) in [6, 6.07) is 14.0. The Balaban J connectivity index is 1.69. The number of aromatic nitrogens is 2. The molecule has 0 amide bonds. The molecule has 6 heteroatoms. The van der Waals surface area contributed by atoms with Crippen molar-refractivity contribution in [3.8, 4) is 0 Å². The van der Waals surface area contributed by atoms with Crippen LogP contribution < -0.4 is 5.43 Å². The monoisotopic (exact) mass is 391 g/mol. The summed E-state index contributed by atoms with van der Waals surface area (Å²) in [6.45, 7) is 4.72. The molecule has 0 spiro atoms. The van der Waals surface area contributed by atoms with E-state index in [4.69, 9.17) is 4.74 Å². The number of rotatable bonds is 5. The zero-order valence-electron chi connectivity index (χ0n) is 16.6. The fourth-order valence-corrected chi connectivity index (χ4v) is 4.06. The van der Waals surface area contributed by atoms with Crippen LogP contribution in [0.1, 0.15) is 41.7 Å². The standard InChI is InChI=1S/C23H25N3O3/c1-2-29-23(28)20-16-26(22-19(21(20)27)11-6-12-24-22)18-10-7-13-25(15-18)14-17-8-4-3-5-9-17/h3-6,8-9,11-12,16,18H,2,7,10,13-15H2,1H3. The van der Waals surface area contributed by atoms with Gasteiger partial charge in [-0.05, 0) is 44.0 Å². The molecular weight excluding hydrogens is 366 g/mol. The highest BCUT2D eigenvalue weighted by Crippen LogP contribution is 2.26. The van der Waals surface area contributed by atoms with Gasteiger partial charge in [0.25, 0.3) is 0 Å². The van der Waals surface area contributed by atoms with Crippen molar-refractivity contribution in [2.24, 2.45) is 0 Å². The van der Waals surface area contributed by atoms with E-state index in [1.807, 2.05) is 10.6 Å². The quantitative estimate of drug-likeness (QED) is 0.624. The maximum Gasteiger partial charge on any atom is 0.343 e. The van der Waals surface area contributed by atoms with Crippen LogP contribution in [0.3, 0.4) is 0 Å². The van der Waals surface area contributed by atoms with Gasteiger partial charge in [-0.2, -0.15) is 0 Å². The molecule has 3 aromatic rings. The number of ether oxygens (including phenoxy) is 1. The second-order valence-corrected chi connectivity index (χ2v) is 7.39. The third-order valence-electron chi connectivity index (χ3n) is 5.41. The molecule has 0 saturated carbocycles. The average Bonchev–Trinajstić information content (AvgIpc) is 2.75. The normalized spacial score (nSPS) is 17.3. The largest absolute Gasteiger partial charge is 0.462 e. The van der Waals surface area contributed by atoms with E-state index in [9.17, 15) is 9.59 Å². The first kappa shape index (κ1) is 19.3. The second-order valence-electron chi connectivity index (χ2n) is 7.39. The number of fused-ring (bicyclic) bond motifs is 1. The molecule has 1 saturated heterocycles. The topological polar surface area (TPSA) is 64.4 Å². The molecule has 1 fully saturated rings. The zero-order chi connectivity index (χ0) is 20.2. The van der Waals surface area contributed by atoms with Gasteiger partial charge in [0, 0.05) is 31.5 Å². The minimum atomic E-state index is -0.575. The Hall–Kier alpha value is -2.99. The number of piperidine rings is 1. The van der Waals surface area contributed by atoms with Gasteiger partial charge in [-0.3, -0.25) is 9.69 Å². The molecule has 1 aliphatic rings. The Morgan fingerprint density at radius 3 is 2.83 bits per heavy atom. The predicted octanol–water partition coefficient (Wildman–Crippen LogP) is 3.41. The third-order valence-corrected chi connectivity index (χ3v) is 5.41. The van der Waals surface area contributed by atoms with Crippen molar-refractivity contribution < 1.29 is 9.53 Å². The number of carbonyl (C=O) groups is 1. The van der Waals surface area contributed by atoms with Crippen LogP contribution in [0.5, 0.6) is 0 Å². The van der Waals surface area contributed by atoms with E-state index in [0.717, 1.165) is 32.5 Å². The number of hydrogen-bond acceptors (Lipinski definition) is 5. The van der Waals surface area contributed by atoms with Gasteiger partial charge < -0.3 is 9.30 Å². The van der Waals surface area contributed by atoms with Crippen LogP contribution in [0.4, 0.5) is 0 Å². The highest BCUT2D eigenvalue weighted by atomic mass is 16.5. The van der Waals surface area contributed by atoms with Gasteiger partial charge in [-0.1, -0.05) is 30.3 Å². The van der Waals surface area contributed by atoms with Gasteiger partial charge >= 0.3 is 5.97 Å². The van der Waals surface area contributed by atoms with Crippen molar-refractivity contribution in [1.82, 2.24) is 14.5 Å². The molecular formula is C23H25N3O3. The average molecular weight is 391 g/mol. The molecule has 0 N–H and O–H groups in total. The lowest BCUT2D eigenvalue weighted by molar-refractivity contribution is 0.0523. The van der Waals surface area contributed by atoms with Crippen LogP contribution in [0.25, 0.3) is 11.0 Å². The molecule has 29 heavy (non-hydrogen) atoms. The fraction of sp³-hybridized carbons (Fsp3) is 0.348. The lowest BCUT2D eigenvalue weighted by atomic mass is 10.0. The molecule has 6 nitrogen and oxygen atoms in total. The van der Waals surface area contributed by atoms with E-state index in [1.54, 1.807) is 31.5 Å². The molecule has 1 unspecified atom stereocenters.